The van der Waals surface area contributed by atoms with Gasteiger partial charge in [-0.2, -0.15) is 0 Å². The summed E-state index contributed by atoms with van der Waals surface area (Å²) in [5.74, 6) is 0.591. The minimum atomic E-state index is -0.0915. The van der Waals surface area contributed by atoms with Gasteiger partial charge in [-0.25, -0.2) is 0 Å². The highest BCUT2D eigenvalue weighted by molar-refractivity contribution is 5.82. The standard InChI is InChI=1S/C47H53N.C15H16.C3H6/c1-9-12-19-34(4)46(7,10-2)36-26-30-41-42-31-27-37(33-44(42)45(5,6)43(41)32-36)47(8,11-3)35-24-28-40(29-25-35)48(38-20-15-13-16-21-38)39-22-17-14-18-23-39;1-13(15-10-6-3-7-11-15)12-14-8-4-2-5-9-14;1-3-2/h12-28,30-33,40H,4,9-11,29H2,1-3,5-8H3;2-11,13H,12H2,1H3;3H,1H2,2H3/b19-12-;;. The van der Waals surface area contributed by atoms with Crippen LogP contribution in [0.25, 0.3) is 11.1 Å². The molecular weight excluding hydrogens is 795 g/mol. The summed E-state index contributed by atoms with van der Waals surface area (Å²) in [6.45, 7) is 28.5. The van der Waals surface area contributed by atoms with E-state index < -0.39 is 0 Å². The zero-order valence-electron chi connectivity index (χ0n) is 41.5. The predicted octanol–water partition coefficient (Wildman–Crippen LogP) is 18.2. The molecule has 8 rings (SSSR count). The third-order valence-electron chi connectivity index (χ3n) is 14.5. The first-order chi connectivity index (χ1) is 31.9. The highest BCUT2D eigenvalue weighted by Gasteiger charge is 2.39. The molecule has 2 aliphatic carbocycles. The second-order valence-electron chi connectivity index (χ2n) is 19.1. The first kappa shape index (κ1) is 49.3. The van der Waals surface area contributed by atoms with E-state index in [4.69, 9.17) is 0 Å². The molecule has 340 valence electrons. The Morgan fingerprint density at radius 1 is 0.712 bits per heavy atom. The van der Waals surface area contributed by atoms with Gasteiger partial charge in [-0.15, -0.1) is 6.58 Å². The van der Waals surface area contributed by atoms with E-state index in [9.17, 15) is 0 Å². The van der Waals surface area contributed by atoms with Crippen molar-refractivity contribution in [3.8, 4) is 11.1 Å². The molecule has 0 radical (unpaired) electrons. The molecule has 0 aromatic heterocycles. The number of hydrogen-bond donors (Lipinski definition) is 0. The van der Waals surface area contributed by atoms with Gasteiger partial charge in [0.1, 0.15) is 0 Å². The molecule has 0 saturated heterocycles. The van der Waals surface area contributed by atoms with Gasteiger partial charge in [0.05, 0.1) is 6.04 Å². The number of hydrogen-bond acceptors (Lipinski definition) is 1. The first-order valence-corrected chi connectivity index (χ1v) is 24.5. The fourth-order valence-corrected chi connectivity index (χ4v) is 9.85. The Labute approximate surface area is 400 Å². The van der Waals surface area contributed by atoms with Crippen LogP contribution in [0.1, 0.15) is 127 Å². The van der Waals surface area contributed by atoms with Crippen molar-refractivity contribution in [2.24, 2.45) is 0 Å². The highest BCUT2D eigenvalue weighted by atomic mass is 15.2. The van der Waals surface area contributed by atoms with Crippen LogP contribution in [0.4, 0.5) is 11.4 Å². The lowest BCUT2D eigenvalue weighted by Gasteiger charge is -2.37. The van der Waals surface area contributed by atoms with Crippen molar-refractivity contribution in [3.63, 3.8) is 0 Å². The van der Waals surface area contributed by atoms with Crippen LogP contribution in [-0.4, -0.2) is 6.04 Å². The van der Waals surface area contributed by atoms with Gasteiger partial charge in [0, 0.05) is 27.6 Å². The van der Waals surface area contributed by atoms with Crippen LogP contribution in [0, 0.1) is 0 Å². The normalized spacial score (nSPS) is 16.7. The van der Waals surface area contributed by atoms with E-state index >= 15 is 0 Å². The Kier molecular flexibility index (Phi) is 16.7. The van der Waals surface area contributed by atoms with E-state index in [1.165, 1.54) is 67.0 Å². The Morgan fingerprint density at radius 3 is 1.70 bits per heavy atom. The molecule has 0 aliphatic heterocycles. The molecule has 1 nitrogen and oxygen atoms in total. The summed E-state index contributed by atoms with van der Waals surface area (Å²) in [5.41, 5.74) is 16.0. The molecule has 0 fully saturated rings. The lowest BCUT2D eigenvalue weighted by molar-refractivity contribution is 0.537. The van der Waals surface area contributed by atoms with Gasteiger partial charge in [0.25, 0.3) is 0 Å². The predicted molar refractivity (Wildman–Crippen MR) is 289 cm³/mol. The van der Waals surface area contributed by atoms with E-state index in [1.54, 1.807) is 6.08 Å². The molecule has 0 amide bonds. The molecule has 0 N–H and O–H groups in total. The maximum absolute atomic E-state index is 4.52. The molecule has 0 heterocycles. The first-order valence-electron chi connectivity index (χ1n) is 24.5. The number of para-hydroxylation sites is 2. The van der Waals surface area contributed by atoms with Gasteiger partial charge >= 0.3 is 0 Å². The average molecular weight is 870 g/mol. The molecule has 6 aromatic carbocycles. The van der Waals surface area contributed by atoms with Crippen molar-refractivity contribution >= 4 is 11.4 Å². The van der Waals surface area contributed by atoms with Gasteiger partial charge in [0.2, 0.25) is 0 Å². The van der Waals surface area contributed by atoms with Crippen LogP contribution in [0.15, 0.2) is 218 Å². The van der Waals surface area contributed by atoms with Crippen molar-refractivity contribution < 1.29 is 0 Å². The summed E-state index contributed by atoms with van der Waals surface area (Å²) in [6.07, 6.45) is 18.7. The summed E-state index contributed by atoms with van der Waals surface area (Å²) < 4.78 is 0. The SMILES string of the molecule is C=C(/C=C\CC)C(C)(CC)c1ccc2c(c1)C(C)(C)c1cc(C(C)(CC)C3=CCC(N(c4ccccc4)c4ccccc4)C=C3)ccc1-2.C=CC.CC(Cc1ccccc1)c1ccccc1. The number of anilines is 2. The van der Waals surface area contributed by atoms with E-state index in [-0.39, 0.29) is 22.3 Å². The van der Waals surface area contributed by atoms with E-state index in [2.05, 4.69) is 262 Å². The van der Waals surface area contributed by atoms with E-state index in [1.807, 2.05) is 6.92 Å². The third-order valence-corrected chi connectivity index (χ3v) is 14.5. The molecule has 0 bridgehead atoms. The summed E-state index contributed by atoms with van der Waals surface area (Å²) in [4.78, 5) is 2.47. The molecule has 66 heavy (non-hydrogen) atoms. The molecule has 4 unspecified atom stereocenters. The van der Waals surface area contributed by atoms with E-state index in [0.717, 1.165) is 32.1 Å². The summed E-state index contributed by atoms with van der Waals surface area (Å²) in [7, 11) is 0. The van der Waals surface area contributed by atoms with Crippen molar-refractivity contribution in [1.29, 1.82) is 0 Å². The third kappa shape index (κ3) is 10.7. The Hall–Kier alpha value is -6.18. The quantitative estimate of drug-likeness (QED) is 0.0779. The number of benzene rings is 6. The fourth-order valence-electron chi connectivity index (χ4n) is 9.85. The van der Waals surface area contributed by atoms with Crippen molar-refractivity contribution in [1.82, 2.24) is 0 Å². The summed E-state index contributed by atoms with van der Waals surface area (Å²) >= 11 is 0. The molecule has 4 atom stereocenters. The molecular formula is C65H75N. The van der Waals surface area contributed by atoms with Gasteiger partial charge in [-0.05, 0) is 125 Å². The summed E-state index contributed by atoms with van der Waals surface area (Å²) in [6, 6.07) is 57.7. The Balaban J connectivity index is 0.000000334. The lowest BCUT2D eigenvalue weighted by atomic mass is 9.70. The van der Waals surface area contributed by atoms with Crippen LogP contribution < -0.4 is 4.90 Å². The Morgan fingerprint density at radius 2 is 1.21 bits per heavy atom. The monoisotopic (exact) mass is 870 g/mol. The van der Waals surface area contributed by atoms with Crippen molar-refractivity contribution in [2.75, 3.05) is 4.90 Å². The zero-order chi connectivity index (χ0) is 47.3. The van der Waals surface area contributed by atoms with Gasteiger partial charge in [-0.1, -0.05) is 232 Å². The average Bonchev–Trinajstić information content (AvgIpc) is 3.59. The lowest BCUT2D eigenvalue weighted by Crippen LogP contribution is -2.32. The maximum Gasteiger partial charge on any atom is 0.0560 e. The van der Waals surface area contributed by atoms with Crippen LogP contribution in [-0.2, 0) is 22.7 Å². The molecule has 2 aliphatic rings. The van der Waals surface area contributed by atoms with Gasteiger partial charge in [-0.3, -0.25) is 0 Å². The number of fused-ring (bicyclic) bond motifs is 3. The van der Waals surface area contributed by atoms with E-state index in [0.29, 0.717) is 5.92 Å². The molecule has 6 aromatic rings. The zero-order valence-corrected chi connectivity index (χ0v) is 41.5. The molecule has 0 saturated carbocycles. The smallest absolute Gasteiger partial charge is 0.0560 e. The number of nitrogens with zero attached hydrogens (tertiary/aromatic N) is 1. The van der Waals surface area contributed by atoms with Gasteiger partial charge in [0.15, 0.2) is 0 Å². The van der Waals surface area contributed by atoms with Crippen LogP contribution >= 0.6 is 0 Å². The van der Waals surface area contributed by atoms with Crippen LogP contribution in [0.3, 0.4) is 0 Å². The van der Waals surface area contributed by atoms with Crippen molar-refractivity contribution in [2.45, 2.75) is 123 Å². The molecule has 0 spiro atoms. The second-order valence-corrected chi connectivity index (χ2v) is 19.1. The molecule has 1 heteroatoms. The van der Waals surface area contributed by atoms with Crippen molar-refractivity contribution in [3.05, 3.63) is 252 Å². The topological polar surface area (TPSA) is 3.24 Å². The summed E-state index contributed by atoms with van der Waals surface area (Å²) in [5, 5.41) is 0. The van der Waals surface area contributed by atoms with Gasteiger partial charge < -0.3 is 4.90 Å². The van der Waals surface area contributed by atoms with Crippen LogP contribution in [0.2, 0.25) is 0 Å². The number of allylic oxidation sites excluding steroid dienone is 6. The minimum absolute atomic E-state index is 0.0824. The second kappa shape index (κ2) is 22.3. The van der Waals surface area contributed by atoms with Crippen LogP contribution in [0.5, 0.6) is 0 Å². The Bertz CT molecular complexity index is 2550. The minimum Gasteiger partial charge on any atom is -0.334 e. The highest BCUT2D eigenvalue weighted by Crippen LogP contribution is 2.52. The largest absolute Gasteiger partial charge is 0.334 e. The number of rotatable bonds is 14. The maximum atomic E-state index is 4.52. The fraction of sp³-hybridized carbons (Fsp3) is 0.292.